The molecule has 2 rings (SSSR count). The standard InChI is InChI=1S/C20H26N2O3S/c1-4-17-10-12-19(13-11-17)22(26(3,24)25)14-6-9-20(23)21-18-8-5-7-16(2)15-18/h5,7-8,10-13,15H,4,6,9,14H2,1-3H3,(H,21,23). The molecule has 26 heavy (non-hydrogen) atoms. The van der Waals surface area contributed by atoms with Gasteiger partial charge in [0.2, 0.25) is 15.9 Å². The van der Waals surface area contributed by atoms with Crippen LogP contribution in [0.1, 0.15) is 30.9 Å². The summed E-state index contributed by atoms with van der Waals surface area (Å²) in [6.45, 7) is 4.28. The number of benzene rings is 2. The number of nitrogens with zero attached hydrogens (tertiary/aromatic N) is 1. The van der Waals surface area contributed by atoms with Gasteiger partial charge in [-0.1, -0.05) is 31.2 Å². The van der Waals surface area contributed by atoms with Crippen LogP contribution in [-0.2, 0) is 21.2 Å². The molecule has 0 unspecified atom stereocenters. The van der Waals surface area contributed by atoms with Gasteiger partial charge < -0.3 is 5.32 Å². The lowest BCUT2D eigenvalue weighted by molar-refractivity contribution is -0.116. The molecule has 0 aliphatic rings. The first kappa shape index (κ1) is 20.0. The van der Waals surface area contributed by atoms with Crippen LogP contribution in [0.15, 0.2) is 48.5 Å². The first-order valence-electron chi connectivity index (χ1n) is 8.73. The fourth-order valence-corrected chi connectivity index (χ4v) is 3.68. The zero-order valence-electron chi connectivity index (χ0n) is 15.5. The topological polar surface area (TPSA) is 66.5 Å². The minimum Gasteiger partial charge on any atom is -0.326 e. The quantitative estimate of drug-likeness (QED) is 0.765. The van der Waals surface area contributed by atoms with Gasteiger partial charge in [-0.05, 0) is 55.2 Å². The van der Waals surface area contributed by atoms with E-state index in [9.17, 15) is 13.2 Å². The van der Waals surface area contributed by atoms with E-state index in [0.717, 1.165) is 23.2 Å². The van der Waals surface area contributed by atoms with Crippen molar-refractivity contribution in [1.29, 1.82) is 0 Å². The summed E-state index contributed by atoms with van der Waals surface area (Å²) in [7, 11) is -3.40. The van der Waals surface area contributed by atoms with Crippen molar-refractivity contribution in [2.45, 2.75) is 33.1 Å². The van der Waals surface area contributed by atoms with Crippen molar-refractivity contribution >= 4 is 27.3 Å². The lowest BCUT2D eigenvalue weighted by Crippen LogP contribution is -2.31. The van der Waals surface area contributed by atoms with E-state index in [1.807, 2.05) is 55.5 Å². The van der Waals surface area contributed by atoms with E-state index < -0.39 is 10.0 Å². The fourth-order valence-electron chi connectivity index (χ4n) is 2.71. The Morgan fingerprint density at radius 2 is 1.81 bits per heavy atom. The van der Waals surface area contributed by atoms with Gasteiger partial charge in [0.25, 0.3) is 0 Å². The van der Waals surface area contributed by atoms with E-state index in [2.05, 4.69) is 12.2 Å². The Kier molecular flexibility index (Phi) is 6.80. The molecule has 5 nitrogen and oxygen atoms in total. The molecular formula is C20H26N2O3S. The molecule has 140 valence electrons. The second kappa shape index (κ2) is 8.85. The van der Waals surface area contributed by atoms with Crippen molar-refractivity contribution in [2.75, 3.05) is 22.4 Å². The van der Waals surface area contributed by atoms with Gasteiger partial charge in [0.1, 0.15) is 0 Å². The Morgan fingerprint density at radius 1 is 1.12 bits per heavy atom. The van der Waals surface area contributed by atoms with E-state index in [-0.39, 0.29) is 18.9 Å². The first-order chi connectivity index (χ1) is 12.3. The summed E-state index contributed by atoms with van der Waals surface area (Å²) in [5.41, 5.74) is 3.61. The van der Waals surface area contributed by atoms with Gasteiger partial charge in [-0.15, -0.1) is 0 Å². The molecule has 2 aromatic rings. The third-order valence-electron chi connectivity index (χ3n) is 4.10. The second-order valence-corrected chi connectivity index (χ2v) is 8.28. The molecule has 0 bridgehead atoms. The number of sulfonamides is 1. The lowest BCUT2D eigenvalue weighted by Gasteiger charge is -2.22. The Balaban J connectivity index is 1.96. The predicted molar refractivity (Wildman–Crippen MR) is 107 cm³/mol. The number of amides is 1. The minimum atomic E-state index is -3.40. The normalized spacial score (nSPS) is 11.2. The van der Waals surface area contributed by atoms with Crippen LogP contribution in [0.4, 0.5) is 11.4 Å². The van der Waals surface area contributed by atoms with Gasteiger partial charge in [-0.3, -0.25) is 9.10 Å². The van der Waals surface area contributed by atoms with E-state index in [1.54, 1.807) is 0 Å². The molecular weight excluding hydrogens is 348 g/mol. The summed E-state index contributed by atoms with van der Waals surface area (Å²) in [6, 6.07) is 15.1. The molecule has 1 N–H and O–H groups in total. The van der Waals surface area contributed by atoms with E-state index >= 15 is 0 Å². The van der Waals surface area contributed by atoms with Crippen molar-refractivity contribution in [2.24, 2.45) is 0 Å². The van der Waals surface area contributed by atoms with Crippen molar-refractivity contribution in [3.05, 3.63) is 59.7 Å². The molecule has 0 spiro atoms. The fraction of sp³-hybridized carbons (Fsp3) is 0.350. The van der Waals surface area contributed by atoms with E-state index in [1.165, 1.54) is 10.6 Å². The zero-order valence-corrected chi connectivity index (χ0v) is 16.3. The number of carbonyl (C=O) groups excluding carboxylic acids is 1. The molecule has 2 aromatic carbocycles. The van der Waals surface area contributed by atoms with Crippen LogP contribution in [0.25, 0.3) is 0 Å². The van der Waals surface area contributed by atoms with Gasteiger partial charge in [-0.2, -0.15) is 0 Å². The molecule has 0 atom stereocenters. The number of nitrogens with one attached hydrogen (secondary N) is 1. The van der Waals surface area contributed by atoms with Crippen LogP contribution in [0.2, 0.25) is 0 Å². The molecule has 0 heterocycles. The maximum Gasteiger partial charge on any atom is 0.232 e. The third kappa shape index (κ3) is 5.88. The number of aryl methyl sites for hydroxylation is 2. The SMILES string of the molecule is CCc1ccc(N(CCCC(=O)Nc2cccc(C)c2)S(C)(=O)=O)cc1. The smallest absolute Gasteiger partial charge is 0.232 e. The van der Waals surface area contributed by atoms with Gasteiger partial charge in [0.05, 0.1) is 11.9 Å². The largest absolute Gasteiger partial charge is 0.326 e. The van der Waals surface area contributed by atoms with Gasteiger partial charge in [0.15, 0.2) is 0 Å². The monoisotopic (exact) mass is 374 g/mol. The Hall–Kier alpha value is -2.34. The summed E-state index contributed by atoms with van der Waals surface area (Å²) in [5, 5.41) is 2.84. The number of hydrogen-bond donors (Lipinski definition) is 1. The maximum atomic E-state index is 12.1. The predicted octanol–water partition coefficient (Wildman–Crippen LogP) is 3.74. The average Bonchev–Trinajstić information content (AvgIpc) is 2.58. The Bertz CT molecular complexity index is 846. The van der Waals surface area contributed by atoms with E-state index in [0.29, 0.717) is 12.1 Å². The van der Waals surface area contributed by atoms with Crippen LogP contribution in [0.5, 0.6) is 0 Å². The highest BCUT2D eigenvalue weighted by Crippen LogP contribution is 2.19. The second-order valence-electron chi connectivity index (χ2n) is 6.38. The molecule has 0 aliphatic carbocycles. The summed E-state index contributed by atoms with van der Waals surface area (Å²) >= 11 is 0. The lowest BCUT2D eigenvalue weighted by atomic mass is 10.1. The molecule has 0 aliphatic heterocycles. The van der Waals surface area contributed by atoms with Crippen LogP contribution < -0.4 is 9.62 Å². The highest BCUT2D eigenvalue weighted by Gasteiger charge is 2.17. The van der Waals surface area contributed by atoms with Gasteiger partial charge in [-0.25, -0.2) is 8.42 Å². The highest BCUT2D eigenvalue weighted by atomic mass is 32.2. The van der Waals surface area contributed by atoms with Crippen molar-refractivity contribution < 1.29 is 13.2 Å². The van der Waals surface area contributed by atoms with Crippen LogP contribution >= 0.6 is 0 Å². The number of carbonyl (C=O) groups is 1. The Labute approximate surface area is 156 Å². The van der Waals surface area contributed by atoms with Crippen LogP contribution in [0, 0.1) is 6.92 Å². The molecule has 0 fully saturated rings. The molecule has 0 saturated carbocycles. The highest BCUT2D eigenvalue weighted by molar-refractivity contribution is 7.92. The number of hydrogen-bond acceptors (Lipinski definition) is 3. The molecule has 0 aromatic heterocycles. The summed E-state index contributed by atoms with van der Waals surface area (Å²) < 4.78 is 25.6. The van der Waals surface area contributed by atoms with Crippen LogP contribution in [0.3, 0.4) is 0 Å². The molecule has 0 saturated heterocycles. The molecule has 1 amide bonds. The minimum absolute atomic E-state index is 0.120. The summed E-state index contributed by atoms with van der Waals surface area (Å²) in [6.07, 6.45) is 2.79. The first-order valence-corrected chi connectivity index (χ1v) is 10.6. The molecule has 0 radical (unpaired) electrons. The summed E-state index contributed by atoms with van der Waals surface area (Å²) in [5.74, 6) is -0.120. The number of rotatable bonds is 8. The van der Waals surface area contributed by atoms with Crippen LogP contribution in [-0.4, -0.2) is 27.1 Å². The maximum absolute atomic E-state index is 12.1. The van der Waals surface area contributed by atoms with Crippen molar-refractivity contribution in [1.82, 2.24) is 0 Å². The van der Waals surface area contributed by atoms with Gasteiger partial charge in [0, 0.05) is 18.7 Å². The number of anilines is 2. The zero-order chi connectivity index (χ0) is 19.2. The van der Waals surface area contributed by atoms with Crippen molar-refractivity contribution in [3.63, 3.8) is 0 Å². The average molecular weight is 375 g/mol. The Morgan fingerprint density at radius 3 is 2.38 bits per heavy atom. The van der Waals surface area contributed by atoms with Crippen molar-refractivity contribution in [3.8, 4) is 0 Å². The van der Waals surface area contributed by atoms with Gasteiger partial charge >= 0.3 is 0 Å². The third-order valence-corrected chi connectivity index (χ3v) is 5.29. The van der Waals surface area contributed by atoms with E-state index in [4.69, 9.17) is 0 Å². The summed E-state index contributed by atoms with van der Waals surface area (Å²) in [4.78, 5) is 12.1. The molecule has 6 heteroatoms.